The van der Waals surface area contributed by atoms with Crippen LogP contribution in [0, 0.1) is 5.41 Å². The lowest BCUT2D eigenvalue weighted by molar-refractivity contribution is -0.142. The van der Waals surface area contributed by atoms with Gasteiger partial charge in [0.15, 0.2) is 0 Å². The van der Waals surface area contributed by atoms with Gasteiger partial charge in [-0.25, -0.2) is 4.40 Å². The third kappa shape index (κ3) is 9.86. The highest BCUT2D eigenvalue weighted by Crippen LogP contribution is 2.57. The minimum absolute atomic E-state index is 0.0487. The second kappa shape index (κ2) is 21.5. The number of hydrogen-bond acceptors (Lipinski definition) is 4. The Hall–Kier alpha value is -9.45. The van der Waals surface area contributed by atoms with E-state index in [1.165, 1.54) is 51.1 Å². The Morgan fingerprint density at radius 3 is 1.57 bits per heavy atom. The van der Waals surface area contributed by atoms with E-state index in [1.54, 1.807) is 12.1 Å². The number of anilines is 2. The SMILES string of the molecule is CC(C)(C)c1ccc(C2(c3ccc(C(C)(C)C)cc3)c3ccccc3-c3ccc(-n4c5ccccc5c5ccc(C6=CC=C(N(c7ccc(-c8ccccc8)cc7)c7ccc(-c8ccc(C(F)(F)F)cc8C(F)(F)F)cc7)C(=NS)C6=N)cc54)cc32)cc1. The first-order valence-corrected chi connectivity index (χ1v) is 29.5. The van der Waals surface area contributed by atoms with Gasteiger partial charge in [-0.05, 0) is 169 Å². The summed E-state index contributed by atoms with van der Waals surface area (Å²) in [6.45, 7) is 13.5. The van der Waals surface area contributed by atoms with Gasteiger partial charge in [-0.3, -0.25) is 5.41 Å². The summed E-state index contributed by atoms with van der Waals surface area (Å²) in [7, 11) is 0. The summed E-state index contributed by atoms with van der Waals surface area (Å²) in [5.74, 6) is 0. The van der Waals surface area contributed by atoms with Crippen molar-refractivity contribution < 1.29 is 26.3 Å². The van der Waals surface area contributed by atoms with E-state index in [1.807, 2.05) is 77.7 Å². The zero-order valence-corrected chi connectivity index (χ0v) is 50.0. The molecule has 0 unspecified atom stereocenters. The average molecular weight is 1190 g/mol. The molecule has 0 fully saturated rings. The van der Waals surface area contributed by atoms with Crippen LogP contribution >= 0.6 is 12.8 Å². The molecule has 2 aliphatic rings. The van der Waals surface area contributed by atoms with Gasteiger partial charge in [-0.15, -0.1) is 0 Å². The van der Waals surface area contributed by atoms with Crippen LogP contribution in [-0.2, 0) is 28.6 Å². The van der Waals surface area contributed by atoms with E-state index in [4.69, 9.17) is 0 Å². The van der Waals surface area contributed by atoms with Gasteiger partial charge >= 0.3 is 12.4 Å². The summed E-state index contributed by atoms with van der Waals surface area (Å²) in [5, 5.41) is 12.1. The second-order valence-corrected chi connectivity index (χ2v) is 25.0. The molecule has 0 saturated carbocycles. The van der Waals surface area contributed by atoms with Crippen molar-refractivity contribution >= 4 is 63.0 Å². The van der Waals surface area contributed by atoms with Crippen LogP contribution in [0.3, 0.4) is 0 Å². The average Bonchev–Trinajstić information content (AvgIpc) is 1.63. The summed E-state index contributed by atoms with van der Waals surface area (Å²) < 4.78 is 91.4. The van der Waals surface area contributed by atoms with Crippen LogP contribution in [0.5, 0.6) is 0 Å². The molecule has 0 atom stereocenters. The fourth-order valence-electron chi connectivity index (χ4n) is 13.0. The van der Waals surface area contributed by atoms with Gasteiger partial charge in [0.25, 0.3) is 0 Å². The molecule has 436 valence electrons. The van der Waals surface area contributed by atoms with Crippen LogP contribution in [0.1, 0.15) is 91.6 Å². The Labute approximate surface area is 513 Å². The first-order valence-electron chi connectivity index (χ1n) is 29.1. The summed E-state index contributed by atoms with van der Waals surface area (Å²) in [4.78, 5) is 1.85. The number of thiol groups is 1. The summed E-state index contributed by atoms with van der Waals surface area (Å²) in [6.07, 6.45) is -6.30. The normalized spacial score (nSPS) is 14.7. The molecule has 11 heteroatoms. The zero-order chi connectivity index (χ0) is 61.7. The number of allylic oxidation sites excluding steroid dienone is 4. The molecule has 4 nitrogen and oxygen atoms in total. The Bertz CT molecular complexity index is 4590. The van der Waals surface area contributed by atoms with Crippen molar-refractivity contribution in [1.82, 2.24) is 4.57 Å². The number of benzene rings is 10. The molecule has 1 aromatic heterocycles. The third-order valence-corrected chi connectivity index (χ3v) is 17.7. The molecule has 2 aliphatic carbocycles. The quantitative estimate of drug-likeness (QED) is 0.0844. The number of rotatable bonds is 9. The molecule has 0 radical (unpaired) electrons. The number of aromatic nitrogens is 1. The molecule has 0 bridgehead atoms. The highest BCUT2D eigenvalue weighted by Gasteiger charge is 2.47. The lowest BCUT2D eigenvalue weighted by atomic mass is 9.67. The fourth-order valence-corrected chi connectivity index (χ4v) is 13.2. The van der Waals surface area contributed by atoms with Gasteiger partial charge in [0.2, 0.25) is 0 Å². The highest BCUT2D eigenvalue weighted by atomic mass is 32.1. The van der Waals surface area contributed by atoms with Crippen molar-refractivity contribution in [3.8, 4) is 39.1 Å². The van der Waals surface area contributed by atoms with Crippen LogP contribution in [-0.4, -0.2) is 16.0 Å². The molecule has 13 rings (SSSR count). The molecular weight excluding hydrogens is 1130 g/mol. The second-order valence-electron chi connectivity index (χ2n) is 24.8. The standard InChI is InChI=1S/C77H60F6N4S/c1-73(2,3)51-25-29-53(30-26-51)75(54-31-27-52(28-32-54)74(4,5)6)65-18-12-10-16-61(65)62-41-38-58(46-66(62)75)87-68-19-13-11-17-63(68)64-39-24-50(44-70(64)87)60-42-43-69(72(85-88)71(60)84)86(56-34-20-48(21-35-56)47-14-8-7-9-15-47)57-36-22-49(23-37-57)59-40-33-55(76(78,79)80)45-67(59)77(81,82)83/h7-46,84,88H,1-6H3. The molecule has 11 aromatic rings. The monoisotopic (exact) mass is 1190 g/mol. The number of nitrogens with one attached hydrogen (secondary N) is 1. The minimum atomic E-state index is -5.07. The van der Waals surface area contributed by atoms with Gasteiger partial charge in [0.1, 0.15) is 5.71 Å². The van der Waals surface area contributed by atoms with E-state index in [9.17, 15) is 31.8 Å². The largest absolute Gasteiger partial charge is 0.417 e. The van der Waals surface area contributed by atoms with Crippen LogP contribution in [0.15, 0.2) is 253 Å². The maximum atomic E-state index is 14.5. The summed E-state index contributed by atoms with van der Waals surface area (Å²) >= 11 is 4.52. The molecule has 1 N–H and O–H groups in total. The van der Waals surface area contributed by atoms with Gasteiger partial charge in [0.05, 0.1) is 39.0 Å². The van der Waals surface area contributed by atoms with Gasteiger partial charge in [-0.1, -0.05) is 211 Å². The smallest absolute Gasteiger partial charge is 0.309 e. The third-order valence-electron chi connectivity index (χ3n) is 17.5. The van der Waals surface area contributed by atoms with E-state index < -0.39 is 34.5 Å². The Morgan fingerprint density at radius 1 is 0.443 bits per heavy atom. The molecule has 0 amide bonds. The van der Waals surface area contributed by atoms with Gasteiger partial charge in [-0.2, -0.15) is 26.3 Å². The molecule has 0 spiro atoms. The predicted molar refractivity (Wildman–Crippen MR) is 352 cm³/mol. The van der Waals surface area contributed by atoms with Gasteiger partial charge < -0.3 is 9.47 Å². The highest BCUT2D eigenvalue weighted by molar-refractivity contribution is 7.79. The predicted octanol–water partition coefficient (Wildman–Crippen LogP) is 21.5. The van der Waals surface area contributed by atoms with Crippen molar-refractivity contribution in [1.29, 1.82) is 5.41 Å². The van der Waals surface area contributed by atoms with E-state index in [2.05, 4.69) is 191 Å². The number of nitrogens with zero attached hydrogens (tertiary/aromatic N) is 3. The Morgan fingerprint density at radius 2 is 0.966 bits per heavy atom. The van der Waals surface area contributed by atoms with Crippen LogP contribution in [0.25, 0.3) is 66.4 Å². The number of hydrogen-bond donors (Lipinski definition) is 2. The molecule has 0 aliphatic heterocycles. The fraction of sp³-hybridized carbons (Fsp3) is 0.143. The molecule has 10 aromatic carbocycles. The number of halogens is 6. The number of alkyl halides is 6. The molecule has 1 heterocycles. The number of fused-ring (bicyclic) bond motifs is 6. The lowest BCUT2D eigenvalue weighted by Gasteiger charge is -2.35. The first kappa shape index (κ1) is 57.6. The topological polar surface area (TPSA) is 44.4 Å². The van der Waals surface area contributed by atoms with Crippen LogP contribution < -0.4 is 4.90 Å². The van der Waals surface area contributed by atoms with Crippen molar-refractivity contribution in [2.45, 2.75) is 70.1 Å². The Balaban J connectivity index is 0.955. The van der Waals surface area contributed by atoms with Crippen molar-refractivity contribution in [2.75, 3.05) is 4.90 Å². The summed E-state index contributed by atoms with van der Waals surface area (Å²) in [5.41, 5.74) is 13.7. The maximum absolute atomic E-state index is 14.5. The van der Waals surface area contributed by atoms with Crippen LogP contribution in [0.2, 0.25) is 0 Å². The van der Waals surface area contributed by atoms with Gasteiger partial charge in [0, 0.05) is 33.4 Å². The zero-order valence-electron chi connectivity index (χ0n) is 49.2. The number of para-hydroxylation sites is 1. The van der Waals surface area contributed by atoms with E-state index in [-0.39, 0.29) is 33.9 Å². The van der Waals surface area contributed by atoms with Crippen molar-refractivity contribution in [3.63, 3.8) is 0 Å². The lowest BCUT2D eigenvalue weighted by Crippen LogP contribution is -2.30. The molecular formula is C77H60F6N4S. The molecule has 88 heavy (non-hydrogen) atoms. The summed E-state index contributed by atoms with van der Waals surface area (Å²) in [6, 6.07) is 74.1. The van der Waals surface area contributed by atoms with E-state index in [0.717, 1.165) is 55.8 Å². The maximum Gasteiger partial charge on any atom is 0.417 e. The minimum Gasteiger partial charge on any atom is -0.309 e. The Kier molecular flexibility index (Phi) is 14.0. The van der Waals surface area contributed by atoms with E-state index >= 15 is 0 Å². The van der Waals surface area contributed by atoms with Crippen molar-refractivity contribution in [3.05, 3.63) is 298 Å². The first-order chi connectivity index (χ1) is 42.0. The van der Waals surface area contributed by atoms with Crippen molar-refractivity contribution in [2.24, 2.45) is 4.40 Å². The van der Waals surface area contributed by atoms with E-state index in [0.29, 0.717) is 28.7 Å². The van der Waals surface area contributed by atoms with Crippen LogP contribution in [0.4, 0.5) is 37.7 Å². The molecule has 0 saturated heterocycles.